The summed E-state index contributed by atoms with van der Waals surface area (Å²) >= 11 is 1.62. The Morgan fingerprint density at radius 2 is 1.93 bits per heavy atom. The number of aromatic nitrogens is 3. The molecule has 0 spiro atoms. The Balaban J connectivity index is 1.73. The molecule has 3 aromatic rings. The maximum Gasteiger partial charge on any atom is 0.220 e. The Hall–Kier alpha value is -2.80. The molecule has 0 unspecified atom stereocenters. The molecule has 0 radical (unpaired) electrons. The Morgan fingerprint density at radius 1 is 1.10 bits per heavy atom. The van der Waals surface area contributed by atoms with Gasteiger partial charge >= 0.3 is 0 Å². The summed E-state index contributed by atoms with van der Waals surface area (Å²) < 4.78 is 7.42. The largest absolute Gasteiger partial charge is 0.497 e. The highest BCUT2D eigenvalue weighted by Gasteiger charge is 2.16. The molecule has 30 heavy (non-hydrogen) atoms. The third-order valence-corrected chi connectivity index (χ3v) is 5.62. The predicted octanol–water partition coefficient (Wildman–Crippen LogP) is 4.73. The van der Waals surface area contributed by atoms with Crippen molar-refractivity contribution in [1.29, 1.82) is 0 Å². The van der Waals surface area contributed by atoms with Crippen molar-refractivity contribution >= 4 is 17.7 Å². The zero-order chi connectivity index (χ0) is 21.2. The number of carbonyl (C=O) groups excluding carboxylic acids is 1. The van der Waals surface area contributed by atoms with Crippen LogP contribution in [0.5, 0.6) is 5.75 Å². The number of rotatable bonds is 11. The number of carbonyl (C=O) groups is 1. The van der Waals surface area contributed by atoms with Crippen molar-refractivity contribution in [3.63, 3.8) is 0 Å². The lowest BCUT2D eigenvalue weighted by Crippen LogP contribution is -2.24. The average molecular weight is 425 g/mol. The first-order valence-electron chi connectivity index (χ1n) is 10.3. The fourth-order valence-corrected chi connectivity index (χ4v) is 3.90. The van der Waals surface area contributed by atoms with Crippen LogP contribution in [0.3, 0.4) is 0 Å². The van der Waals surface area contributed by atoms with E-state index < -0.39 is 0 Å². The Bertz CT molecular complexity index is 943. The summed E-state index contributed by atoms with van der Waals surface area (Å²) in [5.74, 6) is 2.45. The van der Waals surface area contributed by atoms with E-state index in [0.29, 0.717) is 6.42 Å². The lowest BCUT2D eigenvalue weighted by atomic mass is 10.2. The smallest absolute Gasteiger partial charge is 0.220 e. The Kier molecular flexibility index (Phi) is 8.32. The second-order valence-corrected chi connectivity index (χ2v) is 7.93. The first-order valence-corrected chi connectivity index (χ1v) is 11.3. The molecule has 0 saturated carbocycles. The van der Waals surface area contributed by atoms with Crippen LogP contribution in [-0.4, -0.2) is 40.1 Å². The summed E-state index contributed by atoms with van der Waals surface area (Å²) in [5, 5.41) is 12.7. The molecular weight excluding hydrogens is 396 g/mol. The molecule has 1 amide bonds. The molecular formula is C23H28N4O2S. The monoisotopic (exact) mass is 424 g/mol. The van der Waals surface area contributed by atoms with E-state index in [2.05, 4.69) is 27.0 Å². The quantitative estimate of drug-likeness (QED) is 0.356. The van der Waals surface area contributed by atoms with Crippen LogP contribution in [0.4, 0.5) is 0 Å². The topological polar surface area (TPSA) is 69.0 Å². The molecule has 0 bridgehead atoms. The van der Waals surface area contributed by atoms with Gasteiger partial charge in [0.15, 0.2) is 11.0 Å². The van der Waals surface area contributed by atoms with E-state index in [1.165, 1.54) is 0 Å². The lowest BCUT2D eigenvalue weighted by Gasteiger charge is -2.11. The number of ether oxygens (including phenoxy) is 1. The summed E-state index contributed by atoms with van der Waals surface area (Å²) in [7, 11) is 1.65. The van der Waals surface area contributed by atoms with Gasteiger partial charge in [-0.2, -0.15) is 0 Å². The first-order chi connectivity index (χ1) is 14.7. The lowest BCUT2D eigenvalue weighted by molar-refractivity contribution is -0.121. The summed E-state index contributed by atoms with van der Waals surface area (Å²) in [6.07, 6.45) is 3.42. The van der Waals surface area contributed by atoms with Crippen LogP contribution in [-0.2, 0) is 4.79 Å². The van der Waals surface area contributed by atoms with Crippen LogP contribution in [0.15, 0.2) is 59.8 Å². The van der Waals surface area contributed by atoms with Crippen LogP contribution in [0.25, 0.3) is 17.1 Å². The third-order valence-electron chi connectivity index (χ3n) is 4.61. The molecule has 1 N–H and O–H groups in total. The molecule has 1 heterocycles. The van der Waals surface area contributed by atoms with Crippen LogP contribution in [0, 0.1) is 0 Å². The second kappa shape index (κ2) is 11.4. The number of hydrogen-bond acceptors (Lipinski definition) is 5. The van der Waals surface area contributed by atoms with Crippen LogP contribution in [0.1, 0.15) is 32.6 Å². The van der Waals surface area contributed by atoms with E-state index >= 15 is 0 Å². The third kappa shape index (κ3) is 5.86. The van der Waals surface area contributed by atoms with Gasteiger partial charge < -0.3 is 10.1 Å². The number of thioether (sulfide) groups is 1. The van der Waals surface area contributed by atoms with E-state index in [1.807, 2.05) is 54.6 Å². The molecule has 0 aliphatic rings. The van der Waals surface area contributed by atoms with Crippen molar-refractivity contribution in [2.24, 2.45) is 0 Å². The molecule has 0 atom stereocenters. The number of methoxy groups -OCH3 is 1. The highest BCUT2D eigenvalue weighted by atomic mass is 32.2. The fourth-order valence-electron chi connectivity index (χ4n) is 3.01. The molecule has 7 heteroatoms. The maximum absolute atomic E-state index is 11.9. The summed E-state index contributed by atoms with van der Waals surface area (Å²) in [4.78, 5) is 11.9. The molecule has 0 aliphatic carbocycles. The average Bonchev–Trinajstić information content (AvgIpc) is 3.21. The van der Waals surface area contributed by atoms with E-state index in [9.17, 15) is 4.79 Å². The van der Waals surface area contributed by atoms with Crippen molar-refractivity contribution in [1.82, 2.24) is 20.1 Å². The van der Waals surface area contributed by atoms with E-state index in [-0.39, 0.29) is 5.91 Å². The number of nitrogens with zero attached hydrogens (tertiary/aromatic N) is 3. The van der Waals surface area contributed by atoms with Gasteiger partial charge in [-0.3, -0.25) is 9.36 Å². The molecule has 0 aliphatic heterocycles. The molecule has 0 saturated heterocycles. The van der Waals surface area contributed by atoms with Gasteiger partial charge in [0.1, 0.15) is 5.75 Å². The molecule has 0 fully saturated rings. The highest BCUT2D eigenvalue weighted by molar-refractivity contribution is 7.99. The second-order valence-electron chi connectivity index (χ2n) is 6.86. The summed E-state index contributed by atoms with van der Waals surface area (Å²) in [6, 6.07) is 17.9. The molecule has 2 aromatic carbocycles. The van der Waals surface area contributed by atoms with Gasteiger partial charge in [0, 0.05) is 30.0 Å². The van der Waals surface area contributed by atoms with Crippen molar-refractivity contribution < 1.29 is 9.53 Å². The summed E-state index contributed by atoms with van der Waals surface area (Å²) in [5.41, 5.74) is 1.94. The van der Waals surface area contributed by atoms with E-state index in [1.54, 1.807) is 18.9 Å². The standard InChI is InChI=1S/C23H28N4O2S/c1-3-4-15-24-21(28)14-9-16-30-23-26-25-22(18-10-8-13-20(17-18)29-2)27(23)19-11-6-5-7-12-19/h5-8,10-13,17H,3-4,9,14-16H2,1-2H3,(H,24,28). The molecule has 3 rings (SSSR count). The number of hydrogen-bond donors (Lipinski definition) is 1. The van der Waals surface area contributed by atoms with Crippen LogP contribution in [0.2, 0.25) is 0 Å². The number of benzene rings is 2. The maximum atomic E-state index is 11.9. The molecule has 158 valence electrons. The van der Waals surface area contributed by atoms with Gasteiger partial charge in [-0.25, -0.2) is 0 Å². The van der Waals surface area contributed by atoms with Crippen molar-refractivity contribution in [3.8, 4) is 22.8 Å². The van der Waals surface area contributed by atoms with Crippen molar-refractivity contribution in [2.45, 2.75) is 37.8 Å². The predicted molar refractivity (Wildman–Crippen MR) is 121 cm³/mol. The van der Waals surface area contributed by atoms with Crippen molar-refractivity contribution in [2.75, 3.05) is 19.4 Å². The minimum absolute atomic E-state index is 0.116. The zero-order valence-electron chi connectivity index (χ0n) is 17.5. The first kappa shape index (κ1) is 21.9. The van der Waals surface area contributed by atoms with Crippen LogP contribution >= 0.6 is 11.8 Å². The number of nitrogens with one attached hydrogen (secondary N) is 1. The molecule has 6 nitrogen and oxygen atoms in total. The normalized spacial score (nSPS) is 10.7. The van der Waals surface area contributed by atoms with Gasteiger partial charge in [-0.15, -0.1) is 10.2 Å². The SMILES string of the molecule is CCCCNC(=O)CCCSc1nnc(-c2cccc(OC)c2)n1-c1ccccc1. The number of para-hydroxylation sites is 1. The minimum atomic E-state index is 0.116. The van der Waals surface area contributed by atoms with Gasteiger partial charge in [0.25, 0.3) is 0 Å². The summed E-state index contributed by atoms with van der Waals surface area (Å²) in [6.45, 7) is 2.88. The minimum Gasteiger partial charge on any atom is -0.497 e. The van der Waals surface area contributed by atoms with E-state index in [0.717, 1.165) is 59.5 Å². The molecule has 1 aromatic heterocycles. The van der Waals surface area contributed by atoms with Gasteiger partial charge in [0.05, 0.1) is 7.11 Å². The van der Waals surface area contributed by atoms with Gasteiger partial charge in [-0.05, 0) is 37.1 Å². The highest BCUT2D eigenvalue weighted by Crippen LogP contribution is 2.30. The van der Waals surface area contributed by atoms with Gasteiger partial charge in [-0.1, -0.05) is 55.4 Å². The number of amides is 1. The van der Waals surface area contributed by atoms with E-state index in [4.69, 9.17) is 4.74 Å². The van der Waals surface area contributed by atoms with Crippen molar-refractivity contribution in [3.05, 3.63) is 54.6 Å². The fraction of sp³-hybridized carbons (Fsp3) is 0.348. The Morgan fingerprint density at radius 3 is 2.70 bits per heavy atom. The Labute approximate surface area is 182 Å². The van der Waals surface area contributed by atoms with Crippen LogP contribution < -0.4 is 10.1 Å². The zero-order valence-corrected chi connectivity index (χ0v) is 18.3. The number of unbranched alkanes of at least 4 members (excludes halogenated alkanes) is 1. The van der Waals surface area contributed by atoms with Gasteiger partial charge in [0.2, 0.25) is 5.91 Å².